The lowest BCUT2D eigenvalue weighted by molar-refractivity contribution is 0.0695. The molecular weight excluding hydrogens is 308 g/mol. The van der Waals surface area contributed by atoms with Crippen molar-refractivity contribution in [2.45, 2.75) is 27.2 Å². The predicted molar refractivity (Wildman–Crippen MR) is 90.9 cm³/mol. The Balaban J connectivity index is 2.15. The summed E-state index contributed by atoms with van der Waals surface area (Å²) in [6, 6.07) is 8.21. The second-order valence-corrected chi connectivity index (χ2v) is 5.41. The highest BCUT2D eigenvalue weighted by Crippen LogP contribution is 2.22. The number of nitrogens with one attached hydrogen (secondary N) is 1. The van der Waals surface area contributed by atoms with Crippen molar-refractivity contribution < 1.29 is 19.4 Å². The first-order valence-corrected chi connectivity index (χ1v) is 7.68. The summed E-state index contributed by atoms with van der Waals surface area (Å²) in [5, 5.41) is 11.8. The van der Waals surface area contributed by atoms with Crippen LogP contribution in [0.5, 0.6) is 5.75 Å². The molecule has 0 saturated carbocycles. The molecule has 0 fully saturated rings. The number of hydrogen-bond donors (Lipinski definition) is 2. The van der Waals surface area contributed by atoms with Crippen LogP contribution in [-0.4, -0.2) is 28.6 Å². The molecule has 1 aromatic carbocycles. The molecule has 126 valence electrons. The summed E-state index contributed by atoms with van der Waals surface area (Å²) < 4.78 is 5.55. The molecule has 0 saturated heterocycles. The molecule has 0 unspecified atom stereocenters. The third-order valence-electron chi connectivity index (χ3n) is 3.47. The van der Waals surface area contributed by atoms with Crippen molar-refractivity contribution in [1.82, 2.24) is 4.98 Å². The maximum absolute atomic E-state index is 12.3. The lowest BCUT2D eigenvalue weighted by Crippen LogP contribution is -2.16. The minimum Gasteiger partial charge on any atom is -0.494 e. The lowest BCUT2D eigenvalue weighted by atomic mass is 10.1. The van der Waals surface area contributed by atoms with Gasteiger partial charge in [-0.2, -0.15) is 0 Å². The molecular formula is C18H20N2O4. The van der Waals surface area contributed by atoms with Gasteiger partial charge in [0.25, 0.3) is 5.91 Å². The van der Waals surface area contributed by atoms with Crippen molar-refractivity contribution in [3.8, 4) is 5.75 Å². The van der Waals surface area contributed by atoms with Crippen LogP contribution in [0.3, 0.4) is 0 Å². The summed E-state index contributed by atoms with van der Waals surface area (Å²) in [5.41, 5.74) is 2.08. The number of aromatic nitrogens is 1. The van der Waals surface area contributed by atoms with E-state index in [2.05, 4.69) is 10.3 Å². The normalized spacial score (nSPS) is 10.3. The monoisotopic (exact) mass is 328 g/mol. The number of carbonyl (C=O) groups excluding carboxylic acids is 1. The number of rotatable bonds is 6. The minimum atomic E-state index is -1.06. The van der Waals surface area contributed by atoms with Gasteiger partial charge in [0.05, 0.1) is 17.9 Å². The standard InChI is InChI=1S/C18H20N2O4/c1-4-9-24-13-5-7-15(11(2)10-13)20-17(21)16-8-6-14(18(22)23)12(3)19-16/h5-8,10H,4,9H2,1-3H3,(H,20,21)(H,22,23). The number of hydrogen-bond acceptors (Lipinski definition) is 4. The Morgan fingerprint density at radius 1 is 1.21 bits per heavy atom. The zero-order valence-electron chi connectivity index (χ0n) is 13.9. The fraction of sp³-hybridized carbons (Fsp3) is 0.278. The van der Waals surface area contributed by atoms with Gasteiger partial charge in [0, 0.05) is 5.69 Å². The van der Waals surface area contributed by atoms with Crippen molar-refractivity contribution in [2.75, 3.05) is 11.9 Å². The van der Waals surface area contributed by atoms with E-state index in [0.29, 0.717) is 18.0 Å². The van der Waals surface area contributed by atoms with Crippen LogP contribution in [0, 0.1) is 13.8 Å². The average molecular weight is 328 g/mol. The van der Waals surface area contributed by atoms with Crippen LogP contribution < -0.4 is 10.1 Å². The molecule has 2 rings (SSSR count). The number of nitrogens with zero attached hydrogens (tertiary/aromatic N) is 1. The van der Waals surface area contributed by atoms with Gasteiger partial charge in [-0.1, -0.05) is 6.92 Å². The van der Waals surface area contributed by atoms with Gasteiger partial charge in [-0.25, -0.2) is 9.78 Å². The van der Waals surface area contributed by atoms with Gasteiger partial charge in [-0.15, -0.1) is 0 Å². The highest BCUT2D eigenvalue weighted by atomic mass is 16.5. The molecule has 2 N–H and O–H groups in total. The molecule has 1 amide bonds. The van der Waals surface area contributed by atoms with Crippen molar-refractivity contribution in [2.24, 2.45) is 0 Å². The summed E-state index contributed by atoms with van der Waals surface area (Å²) in [5.74, 6) is -0.696. The molecule has 2 aromatic rings. The quantitative estimate of drug-likeness (QED) is 0.848. The van der Waals surface area contributed by atoms with Crippen molar-refractivity contribution in [1.29, 1.82) is 0 Å². The Kier molecular flexibility index (Phi) is 5.52. The van der Waals surface area contributed by atoms with E-state index >= 15 is 0 Å². The van der Waals surface area contributed by atoms with E-state index in [-0.39, 0.29) is 17.2 Å². The van der Waals surface area contributed by atoms with E-state index in [4.69, 9.17) is 9.84 Å². The predicted octanol–water partition coefficient (Wildman–Crippen LogP) is 3.44. The summed E-state index contributed by atoms with van der Waals surface area (Å²) in [6.45, 7) is 6.11. The molecule has 0 radical (unpaired) electrons. The Morgan fingerprint density at radius 3 is 2.54 bits per heavy atom. The third-order valence-corrected chi connectivity index (χ3v) is 3.47. The number of carboxylic acid groups (broad SMARTS) is 1. The second-order valence-electron chi connectivity index (χ2n) is 5.41. The molecule has 6 heteroatoms. The molecule has 0 bridgehead atoms. The SMILES string of the molecule is CCCOc1ccc(NC(=O)c2ccc(C(=O)O)c(C)n2)c(C)c1. The van der Waals surface area contributed by atoms with E-state index in [1.54, 1.807) is 19.1 Å². The molecule has 0 aliphatic carbocycles. The lowest BCUT2D eigenvalue weighted by Gasteiger charge is -2.11. The Labute approximate surface area is 140 Å². The summed E-state index contributed by atoms with van der Waals surface area (Å²) in [6.07, 6.45) is 0.925. The topological polar surface area (TPSA) is 88.5 Å². The Morgan fingerprint density at radius 2 is 1.96 bits per heavy atom. The first-order chi connectivity index (χ1) is 11.4. The van der Waals surface area contributed by atoms with Crippen LogP contribution in [0.15, 0.2) is 30.3 Å². The number of carboxylic acids is 1. The van der Waals surface area contributed by atoms with E-state index in [1.807, 2.05) is 19.9 Å². The summed E-state index contributed by atoms with van der Waals surface area (Å²) in [7, 11) is 0. The Hall–Kier alpha value is -2.89. The van der Waals surface area contributed by atoms with Gasteiger partial charge in [-0.3, -0.25) is 4.79 Å². The summed E-state index contributed by atoms with van der Waals surface area (Å²) in [4.78, 5) is 27.4. The van der Waals surface area contributed by atoms with Crippen LogP contribution in [0.25, 0.3) is 0 Å². The van der Waals surface area contributed by atoms with Crippen molar-refractivity contribution in [3.63, 3.8) is 0 Å². The number of carbonyl (C=O) groups is 2. The van der Waals surface area contributed by atoms with E-state index in [0.717, 1.165) is 17.7 Å². The zero-order valence-corrected chi connectivity index (χ0v) is 13.9. The first kappa shape index (κ1) is 17.5. The highest BCUT2D eigenvalue weighted by Gasteiger charge is 2.14. The molecule has 1 heterocycles. The molecule has 0 spiro atoms. The molecule has 0 aliphatic heterocycles. The second kappa shape index (κ2) is 7.59. The average Bonchev–Trinajstić information content (AvgIpc) is 2.54. The molecule has 6 nitrogen and oxygen atoms in total. The van der Waals surface area contributed by atoms with Gasteiger partial charge in [-0.05, 0) is 56.2 Å². The van der Waals surface area contributed by atoms with Crippen molar-refractivity contribution in [3.05, 3.63) is 52.8 Å². The molecule has 1 aromatic heterocycles. The van der Waals surface area contributed by atoms with E-state index in [1.165, 1.54) is 12.1 Å². The van der Waals surface area contributed by atoms with Crippen LogP contribution in [0.4, 0.5) is 5.69 Å². The van der Waals surface area contributed by atoms with Crippen LogP contribution in [0.2, 0.25) is 0 Å². The number of ether oxygens (including phenoxy) is 1. The van der Waals surface area contributed by atoms with Gasteiger partial charge < -0.3 is 15.2 Å². The maximum Gasteiger partial charge on any atom is 0.337 e. The number of anilines is 1. The van der Waals surface area contributed by atoms with Gasteiger partial charge in [0.15, 0.2) is 0 Å². The van der Waals surface area contributed by atoms with Crippen LogP contribution in [0.1, 0.15) is 45.4 Å². The number of aryl methyl sites for hydroxylation is 2. The van der Waals surface area contributed by atoms with Gasteiger partial charge >= 0.3 is 5.97 Å². The summed E-state index contributed by atoms with van der Waals surface area (Å²) >= 11 is 0. The van der Waals surface area contributed by atoms with E-state index in [9.17, 15) is 9.59 Å². The number of amides is 1. The molecule has 0 aliphatic rings. The first-order valence-electron chi connectivity index (χ1n) is 7.68. The maximum atomic E-state index is 12.3. The smallest absolute Gasteiger partial charge is 0.337 e. The van der Waals surface area contributed by atoms with Gasteiger partial charge in [0.1, 0.15) is 11.4 Å². The number of pyridine rings is 1. The minimum absolute atomic E-state index is 0.0835. The Bertz CT molecular complexity index is 772. The largest absolute Gasteiger partial charge is 0.494 e. The molecule has 24 heavy (non-hydrogen) atoms. The number of aromatic carboxylic acids is 1. The fourth-order valence-corrected chi connectivity index (χ4v) is 2.19. The third kappa shape index (κ3) is 4.10. The van der Waals surface area contributed by atoms with Crippen LogP contribution in [-0.2, 0) is 0 Å². The van der Waals surface area contributed by atoms with E-state index < -0.39 is 5.97 Å². The fourth-order valence-electron chi connectivity index (χ4n) is 2.19. The molecule has 0 atom stereocenters. The van der Waals surface area contributed by atoms with Crippen molar-refractivity contribution >= 4 is 17.6 Å². The van der Waals surface area contributed by atoms with Gasteiger partial charge in [0.2, 0.25) is 0 Å². The number of benzene rings is 1. The van der Waals surface area contributed by atoms with Crippen LogP contribution >= 0.6 is 0 Å². The zero-order chi connectivity index (χ0) is 17.7. The highest BCUT2D eigenvalue weighted by molar-refractivity contribution is 6.03.